The maximum atomic E-state index is 13.1. The molecule has 0 atom stereocenters. The quantitative estimate of drug-likeness (QED) is 0.625. The lowest BCUT2D eigenvalue weighted by molar-refractivity contribution is -0.131. The molecule has 5 heterocycles. The smallest absolute Gasteiger partial charge is 0.263 e. The number of carbonyl (C=O) groups is 1. The molecule has 2 saturated heterocycles. The largest absolute Gasteiger partial charge is 0.381 e. The number of rotatable bonds is 4. The summed E-state index contributed by atoms with van der Waals surface area (Å²) in [7, 11) is 0. The van der Waals surface area contributed by atoms with Crippen LogP contribution in [0.2, 0.25) is 5.02 Å². The second-order valence-corrected chi connectivity index (χ2v) is 8.55. The van der Waals surface area contributed by atoms with Crippen LogP contribution in [0.3, 0.4) is 0 Å². The molecule has 3 aromatic heterocycles. The number of fused-ring (bicyclic) bond motifs is 1. The normalized spacial score (nSPS) is 18.7. The average Bonchev–Trinajstić information content (AvgIpc) is 3.07. The highest BCUT2D eigenvalue weighted by Crippen LogP contribution is 2.30. The van der Waals surface area contributed by atoms with Crippen molar-refractivity contribution in [2.45, 2.75) is 12.5 Å². The number of nitrogen functional groups attached to an aromatic ring is 1. The Hall–Kier alpha value is -2.95. The topological polar surface area (TPSA) is 114 Å². The molecule has 11 heteroatoms. The third-order valence-corrected chi connectivity index (χ3v) is 6.15. The van der Waals surface area contributed by atoms with Gasteiger partial charge in [0, 0.05) is 38.6 Å². The van der Waals surface area contributed by atoms with E-state index in [1.165, 1.54) is 10.7 Å². The number of nitrogens with one attached hydrogen (secondary N) is 1. The lowest BCUT2D eigenvalue weighted by Crippen LogP contribution is -2.64. The first-order valence-corrected chi connectivity index (χ1v) is 10.4. The van der Waals surface area contributed by atoms with Crippen molar-refractivity contribution in [2.75, 3.05) is 55.3 Å². The maximum Gasteiger partial charge on any atom is 0.263 e. The number of hydrogen-bond acceptors (Lipinski definition) is 8. The Bertz CT molecular complexity index is 1140. The molecule has 31 heavy (non-hydrogen) atoms. The highest BCUT2D eigenvalue weighted by molar-refractivity contribution is 6.30. The fraction of sp³-hybridized carbons (Fsp3) is 0.400. The first-order chi connectivity index (χ1) is 14.9. The van der Waals surface area contributed by atoms with Gasteiger partial charge in [-0.3, -0.25) is 14.7 Å². The lowest BCUT2D eigenvalue weighted by atomic mass is 9.97. The summed E-state index contributed by atoms with van der Waals surface area (Å²) in [6.45, 7) is 7.37. The zero-order valence-corrected chi connectivity index (χ0v) is 17.8. The second kappa shape index (κ2) is 7.63. The molecule has 3 N–H and O–H groups in total. The number of amides is 1. The summed E-state index contributed by atoms with van der Waals surface area (Å²) in [5.41, 5.74) is 8.22. The predicted molar refractivity (Wildman–Crippen MR) is 118 cm³/mol. The van der Waals surface area contributed by atoms with E-state index >= 15 is 0 Å². The number of anilines is 3. The van der Waals surface area contributed by atoms with Gasteiger partial charge in [-0.1, -0.05) is 11.6 Å². The van der Waals surface area contributed by atoms with Crippen LogP contribution in [-0.2, 0) is 4.74 Å². The number of hydrogen-bond donors (Lipinski definition) is 2. The lowest BCUT2D eigenvalue weighted by Gasteiger charge is -2.50. The van der Waals surface area contributed by atoms with Crippen LogP contribution < -0.4 is 16.0 Å². The van der Waals surface area contributed by atoms with Gasteiger partial charge in [0.05, 0.1) is 47.5 Å². The molecule has 0 saturated carbocycles. The van der Waals surface area contributed by atoms with Crippen LogP contribution in [0.15, 0.2) is 30.9 Å². The number of nitrogens with zero attached hydrogens (tertiary/aromatic N) is 6. The standard InChI is InChI=1S/C20H23ClN8O2/c1-20(11-31-12-20)28-6-4-27(5-7-28)15-2-3-23-9-14(15)25-19(30)16-17(22)26-29-10-13(21)8-24-18(16)29/h2-3,8-10H,4-7,11-12H2,1H3,(H2,22,26)(H,25,30). The van der Waals surface area contributed by atoms with E-state index in [1.807, 2.05) is 6.07 Å². The predicted octanol–water partition coefficient (Wildman–Crippen LogP) is 1.52. The Kier molecular flexibility index (Phi) is 4.92. The van der Waals surface area contributed by atoms with Gasteiger partial charge in [0.2, 0.25) is 0 Å². The molecule has 0 spiro atoms. The first-order valence-electron chi connectivity index (χ1n) is 10.1. The average molecular weight is 443 g/mol. The van der Waals surface area contributed by atoms with Gasteiger partial charge in [0.15, 0.2) is 11.5 Å². The van der Waals surface area contributed by atoms with Crippen molar-refractivity contribution in [2.24, 2.45) is 0 Å². The number of nitrogens with two attached hydrogens (primary N) is 1. The van der Waals surface area contributed by atoms with E-state index in [2.05, 4.69) is 37.1 Å². The Morgan fingerprint density at radius 2 is 2.03 bits per heavy atom. The van der Waals surface area contributed by atoms with E-state index in [9.17, 15) is 4.79 Å². The van der Waals surface area contributed by atoms with E-state index in [0.717, 1.165) is 45.1 Å². The molecule has 5 rings (SSSR count). The first kappa shape index (κ1) is 20.0. The summed E-state index contributed by atoms with van der Waals surface area (Å²) >= 11 is 5.96. The van der Waals surface area contributed by atoms with Crippen LogP contribution in [0.4, 0.5) is 17.2 Å². The maximum absolute atomic E-state index is 13.1. The van der Waals surface area contributed by atoms with Crippen molar-refractivity contribution in [3.63, 3.8) is 0 Å². The molecule has 2 aliphatic rings. The van der Waals surface area contributed by atoms with Gasteiger partial charge in [-0.25, -0.2) is 9.50 Å². The van der Waals surface area contributed by atoms with Crippen LogP contribution in [-0.4, -0.2) is 75.3 Å². The minimum atomic E-state index is -0.394. The van der Waals surface area contributed by atoms with Crippen molar-refractivity contribution in [3.8, 4) is 0 Å². The van der Waals surface area contributed by atoms with Gasteiger partial charge in [0.25, 0.3) is 5.91 Å². The van der Waals surface area contributed by atoms with Gasteiger partial charge in [0.1, 0.15) is 5.56 Å². The molecular weight excluding hydrogens is 420 g/mol. The van der Waals surface area contributed by atoms with Crippen LogP contribution in [0.5, 0.6) is 0 Å². The molecule has 0 radical (unpaired) electrons. The minimum Gasteiger partial charge on any atom is -0.381 e. The van der Waals surface area contributed by atoms with Crippen molar-refractivity contribution < 1.29 is 9.53 Å². The number of carbonyl (C=O) groups excluding carboxylic acids is 1. The van der Waals surface area contributed by atoms with Crippen LogP contribution in [0.25, 0.3) is 5.65 Å². The van der Waals surface area contributed by atoms with Gasteiger partial charge in [-0.15, -0.1) is 5.10 Å². The van der Waals surface area contributed by atoms with Crippen LogP contribution in [0, 0.1) is 0 Å². The van der Waals surface area contributed by atoms with E-state index < -0.39 is 5.91 Å². The number of piperazine rings is 1. The fourth-order valence-electron chi connectivity index (χ4n) is 4.16. The highest BCUT2D eigenvalue weighted by Gasteiger charge is 2.40. The highest BCUT2D eigenvalue weighted by atomic mass is 35.5. The van der Waals surface area contributed by atoms with E-state index in [4.69, 9.17) is 22.1 Å². The minimum absolute atomic E-state index is 0.0854. The molecular formula is C20H23ClN8O2. The second-order valence-electron chi connectivity index (χ2n) is 8.11. The Balaban J connectivity index is 1.36. The Labute approximate surface area is 183 Å². The van der Waals surface area contributed by atoms with Crippen molar-refractivity contribution in [1.82, 2.24) is 24.5 Å². The SMILES string of the molecule is CC1(N2CCN(c3ccncc3NC(=O)c3c(N)nn4cc(Cl)cnc34)CC2)COC1. The van der Waals surface area contributed by atoms with E-state index in [-0.39, 0.29) is 16.9 Å². The van der Waals surface area contributed by atoms with E-state index in [0.29, 0.717) is 16.4 Å². The Morgan fingerprint density at radius 3 is 2.74 bits per heavy atom. The summed E-state index contributed by atoms with van der Waals surface area (Å²) in [6.07, 6.45) is 6.38. The summed E-state index contributed by atoms with van der Waals surface area (Å²) in [5, 5.41) is 7.48. The third kappa shape index (κ3) is 3.56. The molecule has 1 amide bonds. The van der Waals surface area contributed by atoms with Crippen molar-refractivity contribution in [3.05, 3.63) is 41.4 Å². The molecule has 3 aromatic rings. The van der Waals surface area contributed by atoms with Crippen molar-refractivity contribution >= 4 is 40.3 Å². The molecule has 2 fully saturated rings. The molecule has 0 unspecified atom stereocenters. The zero-order valence-electron chi connectivity index (χ0n) is 17.1. The Morgan fingerprint density at radius 1 is 1.26 bits per heavy atom. The summed E-state index contributed by atoms with van der Waals surface area (Å²) < 4.78 is 6.81. The van der Waals surface area contributed by atoms with Gasteiger partial charge in [-0.05, 0) is 13.0 Å². The summed E-state index contributed by atoms with van der Waals surface area (Å²) in [4.78, 5) is 26.2. The molecule has 10 nitrogen and oxygen atoms in total. The molecule has 162 valence electrons. The van der Waals surface area contributed by atoms with Gasteiger partial charge >= 0.3 is 0 Å². The molecule has 0 aliphatic carbocycles. The zero-order chi connectivity index (χ0) is 21.6. The molecule has 0 bridgehead atoms. The van der Waals surface area contributed by atoms with Crippen LogP contribution in [0.1, 0.15) is 17.3 Å². The van der Waals surface area contributed by atoms with Gasteiger partial charge < -0.3 is 20.7 Å². The van der Waals surface area contributed by atoms with Gasteiger partial charge in [-0.2, -0.15) is 0 Å². The van der Waals surface area contributed by atoms with Crippen molar-refractivity contribution in [1.29, 1.82) is 0 Å². The van der Waals surface area contributed by atoms with Crippen LogP contribution >= 0.6 is 11.6 Å². The number of ether oxygens (including phenoxy) is 1. The monoisotopic (exact) mass is 442 g/mol. The number of aromatic nitrogens is 4. The molecule has 0 aromatic carbocycles. The summed E-state index contributed by atoms with van der Waals surface area (Å²) in [5.74, 6) is -0.309. The third-order valence-electron chi connectivity index (χ3n) is 5.95. The van der Waals surface area contributed by atoms with E-state index in [1.54, 1.807) is 18.6 Å². The summed E-state index contributed by atoms with van der Waals surface area (Å²) in [6, 6.07) is 1.91. The number of pyridine rings is 1. The molecule has 2 aliphatic heterocycles. The number of halogens is 1. The fourth-order valence-corrected chi connectivity index (χ4v) is 4.30.